The molecule has 0 bridgehead atoms. The number of piperidine rings is 1. The summed E-state index contributed by atoms with van der Waals surface area (Å²) < 4.78 is 19.8. The van der Waals surface area contributed by atoms with Crippen LogP contribution in [0.2, 0.25) is 0 Å². The van der Waals surface area contributed by atoms with Crippen LogP contribution < -0.4 is 25.3 Å². The normalized spacial score (nSPS) is 18.8. The first-order valence-electron chi connectivity index (χ1n) is 16.3. The summed E-state index contributed by atoms with van der Waals surface area (Å²) in [5, 5.41) is 8.19. The van der Waals surface area contributed by atoms with Gasteiger partial charge in [-0.15, -0.1) is 0 Å². The molecule has 248 valence electrons. The molecule has 1 atom stereocenters. The van der Waals surface area contributed by atoms with Crippen LogP contribution in [-0.2, 0) is 9.63 Å². The van der Waals surface area contributed by atoms with E-state index >= 15 is 0 Å². The number of methoxy groups -OCH3 is 1. The standard InChI is InChI=1S/C37H40FN7O3/c1-4-36(46)42-29-19-30(33(47-3)20-32(29)44-14-12-37(13-15-44)22-43(2)23-37)41-34-21-35(40-24-39-34)45-31(11-16-48-45)27-9-5-7-25(17-27)26-8-6-10-28(38)18-26/h4-10,17-21,24,31H,1,11-16,22-23H2,2-3H3,(H,42,46)(H,39,40,41)/t31-/m1/s1. The van der Waals surface area contributed by atoms with E-state index in [0.29, 0.717) is 40.8 Å². The lowest BCUT2D eigenvalue weighted by molar-refractivity contribution is -0.111. The van der Waals surface area contributed by atoms with Crippen molar-refractivity contribution < 1.29 is 18.8 Å². The molecule has 7 rings (SSSR count). The zero-order valence-corrected chi connectivity index (χ0v) is 27.3. The van der Waals surface area contributed by atoms with Crippen LogP contribution in [0.15, 0.2) is 85.7 Å². The van der Waals surface area contributed by atoms with Crippen LogP contribution in [0, 0.1) is 11.2 Å². The average molecular weight is 650 g/mol. The molecule has 3 aliphatic heterocycles. The number of halogens is 1. The number of carbonyl (C=O) groups is 1. The van der Waals surface area contributed by atoms with Crippen LogP contribution in [0.3, 0.4) is 0 Å². The number of nitrogens with one attached hydrogen (secondary N) is 2. The van der Waals surface area contributed by atoms with Gasteiger partial charge in [-0.2, -0.15) is 0 Å². The molecule has 48 heavy (non-hydrogen) atoms. The van der Waals surface area contributed by atoms with Crippen molar-refractivity contribution in [3.05, 3.63) is 97.1 Å². The Labute approximate surface area is 280 Å². The fourth-order valence-electron chi connectivity index (χ4n) is 7.28. The molecule has 3 aliphatic rings. The predicted molar refractivity (Wildman–Crippen MR) is 186 cm³/mol. The predicted octanol–water partition coefficient (Wildman–Crippen LogP) is 6.57. The Morgan fingerprint density at radius 3 is 2.54 bits per heavy atom. The fraction of sp³-hybridized carbons (Fsp3) is 0.324. The summed E-state index contributed by atoms with van der Waals surface area (Å²) in [6.45, 7) is 8.25. The highest BCUT2D eigenvalue weighted by Gasteiger charge is 2.43. The van der Waals surface area contributed by atoms with E-state index in [1.54, 1.807) is 18.2 Å². The van der Waals surface area contributed by atoms with Gasteiger partial charge in [0, 0.05) is 44.7 Å². The molecule has 11 heteroatoms. The Hall–Kier alpha value is -5.00. The summed E-state index contributed by atoms with van der Waals surface area (Å²) in [4.78, 5) is 32.3. The largest absolute Gasteiger partial charge is 0.494 e. The fourth-order valence-corrected chi connectivity index (χ4v) is 7.28. The molecule has 0 saturated carbocycles. The van der Waals surface area contributed by atoms with Gasteiger partial charge in [0.05, 0.1) is 36.8 Å². The third kappa shape index (κ3) is 6.43. The number of amides is 1. The number of nitrogens with zero attached hydrogens (tertiary/aromatic N) is 5. The number of carbonyl (C=O) groups excluding carboxylic acids is 1. The van der Waals surface area contributed by atoms with Crippen molar-refractivity contribution in [2.24, 2.45) is 5.41 Å². The lowest BCUT2D eigenvalue weighted by atomic mass is 9.72. The van der Waals surface area contributed by atoms with E-state index in [9.17, 15) is 9.18 Å². The highest BCUT2D eigenvalue weighted by molar-refractivity contribution is 6.02. The molecule has 3 aromatic carbocycles. The van der Waals surface area contributed by atoms with Gasteiger partial charge < -0.3 is 25.2 Å². The van der Waals surface area contributed by atoms with E-state index in [2.05, 4.69) is 50.1 Å². The van der Waals surface area contributed by atoms with Gasteiger partial charge in [0.1, 0.15) is 23.7 Å². The molecule has 4 aromatic rings. The van der Waals surface area contributed by atoms with Crippen LogP contribution in [0.25, 0.3) is 11.1 Å². The van der Waals surface area contributed by atoms with Gasteiger partial charge in [-0.05, 0) is 72.3 Å². The summed E-state index contributed by atoms with van der Waals surface area (Å²) in [6, 6.07) is 20.2. The molecule has 3 saturated heterocycles. The van der Waals surface area contributed by atoms with E-state index in [4.69, 9.17) is 9.57 Å². The second kappa shape index (κ2) is 13.2. The number of aromatic nitrogens is 2. The summed E-state index contributed by atoms with van der Waals surface area (Å²) in [6.07, 6.45) is 5.73. The zero-order chi connectivity index (χ0) is 33.3. The second-order valence-corrected chi connectivity index (χ2v) is 12.9. The van der Waals surface area contributed by atoms with Gasteiger partial charge in [0.15, 0.2) is 5.82 Å². The van der Waals surface area contributed by atoms with Gasteiger partial charge in [-0.25, -0.2) is 19.4 Å². The lowest BCUT2D eigenvalue weighted by Gasteiger charge is -2.53. The lowest BCUT2D eigenvalue weighted by Crippen LogP contribution is -2.58. The van der Waals surface area contributed by atoms with Crippen LogP contribution in [0.4, 0.5) is 33.1 Å². The van der Waals surface area contributed by atoms with Crippen LogP contribution >= 0.6 is 0 Å². The highest BCUT2D eigenvalue weighted by atomic mass is 19.1. The monoisotopic (exact) mass is 649 g/mol. The minimum absolute atomic E-state index is 0.0974. The minimum atomic E-state index is -0.288. The van der Waals surface area contributed by atoms with Crippen LogP contribution in [0.5, 0.6) is 5.75 Å². The summed E-state index contributed by atoms with van der Waals surface area (Å²) in [5.74, 6) is 1.18. The Bertz CT molecular complexity index is 1820. The van der Waals surface area contributed by atoms with Crippen molar-refractivity contribution in [2.45, 2.75) is 25.3 Å². The van der Waals surface area contributed by atoms with Crippen LogP contribution in [-0.4, -0.2) is 67.7 Å². The number of benzene rings is 3. The SMILES string of the molecule is C=CC(=O)Nc1cc(Nc2cc(N3OCC[C@@H]3c3cccc(-c4cccc(F)c4)c3)ncn2)c(OC)cc1N1CCC2(CC1)CN(C)C2. The Kier molecular flexibility index (Phi) is 8.72. The third-order valence-electron chi connectivity index (χ3n) is 9.61. The maximum absolute atomic E-state index is 13.9. The van der Waals surface area contributed by atoms with Gasteiger partial charge in [-0.1, -0.05) is 36.9 Å². The Morgan fingerprint density at radius 1 is 1.04 bits per heavy atom. The van der Waals surface area contributed by atoms with E-state index in [-0.39, 0.29) is 17.8 Å². The number of anilines is 5. The number of rotatable bonds is 9. The first kappa shape index (κ1) is 31.6. The quantitative estimate of drug-likeness (QED) is 0.195. The smallest absolute Gasteiger partial charge is 0.247 e. The van der Waals surface area contributed by atoms with Gasteiger partial charge in [0.2, 0.25) is 5.91 Å². The second-order valence-electron chi connectivity index (χ2n) is 12.9. The van der Waals surface area contributed by atoms with Crippen molar-refractivity contribution >= 4 is 34.6 Å². The summed E-state index contributed by atoms with van der Waals surface area (Å²) in [7, 11) is 3.80. The average Bonchev–Trinajstić information content (AvgIpc) is 3.59. The number of hydrogen-bond acceptors (Lipinski definition) is 9. The van der Waals surface area contributed by atoms with E-state index in [1.165, 1.54) is 24.5 Å². The molecule has 1 amide bonds. The van der Waals surface area contributed by atoms with Crippen molar-refractivity contribution in [2.75, 3.05) is 67.5 Å². The number of ether oxygens (including phenoxy) is 1. The molecule has 1 aromatic heterocycles. The molecule has 2 N–H and O–H groups in total. The molecular weight excluding hydrogens is 609 g/mol. The van der Waals surface area contributed by atoms with Crippen molar-refractivity contribution in [3.63, 3.8) is 0 Å². The summed E-state index contributed by atoms with van der Waals surface area (Å²) >= 11 is 0. The van der Waals surface area contributed by atoms with Gasteiger partial charge in [0.25, 0.3) is 0 Å². The Balaban J connectivity index is 1.14. The van der Waals surface area contributed by atoms with E-state index in [0.717, 1.165) is 67.8 Å². The molecule has 1 spiro atoms. The first-order valence-corrected chi connectivity index (χ1v) is 16.3. The molecule has 3 fully saturated rings. The molecule has 4 heterocycles. The van der Waals surface area contributed by atoms with Gasteiger partial charge >= 0.3 is 0 Å². The third-order valence-corrected chi connectivity index (χ3v) is 9.61. The van der Waals surface area contributed by atoms with Crippen LogP contribution in [0.1, 0.15) is 30.9 Å². The van der Waals surface area contributed by atoms with Crippen molar-refractivity contribution in [1.82, 2.24) is 14.9 Å². The molecule has 10 nitrogen and oxygen atoms in total. The molecule has 0 unspecified atom stereocenters. The molecular formula is C37H40FN7O3. The maximum atomic E-state index is 13.9. The van der Waals surface area contributed by atoms with Crippen molar-refractivity contribution in [1.29, 1.82) is 0 Å². The van der Waals surface area contributed by atoms with Crippen molar-refractivity contribution in [3.8, 4) is 16.9 Å². The maximum Gasteiger partial charge on any atom is 0.247 e. The number of hydrogen-bond donors (Lipinski definition) is 2. The summed E-state index contributed by atoms with van der Waals surface area (Å²) in [5.41, 5.74) is 5.39. The first-order chi connectivity index (χ1) is 23.3. The van der Waals surface area contributed by atoms with Gasteiger partial charge in [-0.3, -0.25) is 9.63 Å². The topological polar surface area (TPSA) is 95.1 Å². The van der Waals surface area contributed by atoms with E-state index in [1.807, 2.05) is 42.5 Å². The molecule has 0 radical (unpaired) electrons. The number of likely N-dealkylation sites (tertiary alicyclic amines) is 1. The minimum Gasteiger partial charge on any atom is -0.494 e. The molecule has 0 aliphatic carbocycles. The number of hydroxylamine groups is 1. The zero-order valence-electron chi connectivity index (χ0n) is 27.3. The Morgan fingerprint density at radius 2 is 1.81 bits per heavy atom. The highest BCUT2D eigenvalue weighted by Crippen LogP contribution is 2.44. The van der Waals surface area contributed by atoms with E-state index < -0.39 is 0 Å².